The van der Waals surface area contributed by atoms with Gasteiger partial charge in [0.05, 0.1) is 30.6 Å². The van der Waals surface area contributed by atoms with Gasteiger partial charge in [0.2, 0.25) is 11.7 Å². The molecule has 0 saturated heterocycles. The lowest BCUT2D eigenvalue weighted by molar-refractivity contribution is 0.402. The number of benzene rings is 2. The van der Waals surface area contributed by atoms with Crippen molar-refractivity contribution < 1.29 is 13.5 Å². The maximum absolute atomic E-state index is 14.6. The van der Waals surface area contributed by atoms with Crippen LogP contribution in [0.2, 0.25) is 5.02 Å². The van der Waals surface area contributed by atoms with Crippen LogP contribution in [0.4, 0.5) is 20.4 Å². The monoisotopic (exact) mass is 405 g/mol. The molecule has 8 heteroatoms. The van der Waals surface area contributed by atoms with E-state index in [9.17, 15) is 13.6 Å². The Morgan fingerprint density at radius 1 is 1.18 bits per heavy atom. The molecule has 0 saturated carbocycles. The summed E-state index contributed by atoms with van der Waals surface area (Å²) < 4.78 is 34.7. The van der Waals surface area contributed by atoms with Crippen molar-refractivity contribution in [3.8, 4) is 5.75 Å². The number of rotatable bonds is 5. The van der Waals surface area contributed by atoms with E-state index in [1.54, 1.807) is 36.6 Å². The summed E-state index contributed by atoms with van der Waals surface area (Å²) in [6.45, 7) is 3.60. The summed E-state index contributed by atoms with van der Waals surface area (Å²) in [5, 5.41) is 2.88. The number of methoxy groups -OCH3 is 1. The number of halogens is 3. The Bertz CT molecular complexity index is 1100. The lowest BCUT2D eigenvalue weighted by Crippen LogP contribution is -2.19. The van der Waals surface area contributed by atoms with E-state index in [0.29, 0.717) is 16.7 Å². The van der Waals surface area contributed by atoms with E-state index in [-0.39, 0.29) is 29.0 Å². The van der Waals surface area contributed by atoms with Crippen molar-refractivity contribution in [3.63, 3.8) is 0 Å². The number of hydrogen-bond acceptors (Lipinski definition) is 4. The minimum atomic E-state index is -0.593. The van der Waals surface area contributed by atoms with E-state index >= 15 is 0 Å². The van der Waals surface area contributed by atoms with E-state index in [1.165, 1.54) is 25.4 Å². The van der Waals surface area contributed by atoms with Crippen LogP contribution in [0.15, 0.2) is 41.3 Å². The van der Waals surface area contributed by atoms with Gasteiger partial charge in [-0.15, -0.1) is 0 Å². The third kappa shape index (κ3) is 3.99. The molecule has 0 amide bonds. The van der Waals surface area contributed by atoms with Crippen molar-refractivity contribution >= 4 is 23.2 Å². The highest BCUT2D eigenvalue weighted by Crippen LogP contribution is 2.26. The van der Waals surface area contributed by atoms with Crippen LogP contribution >= 0.6 is 11.6 Å². The minimum Gasteiger partial charge on any atom is -0.490 e. The largest absolute Gasteiger partial charge is 0.490 e. The van der Waals surface area contributed by atoms with Gasteiger partial charge in [0, 0.05) is 0 Å². The maximum Gasteiger partial charge on any atom is 0.316 e. The number of ether oxygens (including phenoxy) is 1. The van der Waals surface area contributed by atoms with Gasteiger partial charge in [-0.1, -0.05) is 29.8 Å². The molecule has 1 heterocycles. The molecule has 0 fully saturated rings. The number of aromatic nitrogens is 2. The summed E-state index contributed by atoms with van der Waals surface area (Å²) >= 11 is 5.85. The van der Waals surface area contributed by atoms with Crippen LogP contribution in [-0.4, -0.2) is 16.7 Å². The van der Waals surface area contributed by atoms with E-state index < -0.39 is 17.2 Å². The van der Waals surface area contributed by atoms with Crippen molar-refractivity contribution in [1.82, 2.24) is 9.55 Å². The molecule has 0 spiro atoms. The van der Waals surface area contributed by atoms with E-state index in [0.717, 1.165) is 0 Å². The topological polar surface area (TPSA) is 56.1 Å². The molecule has 0 unspecified atom stereocenters. The number of aryl methyl sites for hydroxylation is 2. The molecule has 146 valence electrons. The average molecular weight is 406 g/mol. The average Bonchev–Trinajstić information content (AvgIpc) is 2.66. The Kier molecular flexibility index (Phi) is 5.65. The second-order valence-electron chi connectivity index (χ2n) is 6.33. The first-order valence-electron chi connectivity index (χ1n) is 8.42. The van der Waals surface area contributed by atoms with Crippen molar-refractivity contribution in [2.75, 3.05) is 12.4 Å². The number of hydrogen-bond donors (Lipinski definition) is 1. The van der Waals surface area contributed by atoms with Crippen LogP contribution in [0.1, 0.15) is 16.7 Å². The molecule has 28 heavy (non-hydrogen) atoms. The molecule has 5 nitrogen and oxygen atoms in total. The van der Waals surface area contributed by atoms with Gasteiger partial charge in [-0.25, -0.2) is 8.78 Å². The molecule has 0 aliphatic rings. The van der Waals surface area contributed by atoms with Crippen LogP contribution in [0.5, 0.6) is 5.75 Å². The molecule has 1 aromatic heterocycles. The van der Waals surface area contributed by atoms with Gasteiger partial charge in [0.15, 0.2) is 0 Å². The molecule has 3 aromatic rings. The first-order chi connectivity index (χ1) is 13.3. The fourth-order valence-corrected chi connectivity index (χ4v) is 2.91. The summed E-state index contributed by atoms with van der Waals surface area (Å²) in [7, 11) is 1.36. The van der Waals surface area contributed by atoms with Gasteiger partial charge in [-0.3, -0.25) is 4.79 Å². The minimum absolute atomic E-state index is 0.0199. The lowest BCUT2D eigenvalue weighted by Gasteiger charge is -2.17. The molecule has 0 radical (unpaired) electrons. The van der Waals surface area contributed by atoms with Crippen LogP contribution in [-0.2, 0) is 6.54 Å². The van der Waals surface area contributed by atoms with Gasteiger partial charge in [0.1, 0.15) is 11.6 Å². The molecule has 0 bridgehead atoms. The second-order valence-corrected chi connectivity index (χ2v) is 6.73. The molecule has 1 N–H and O–H groups in total. The van der Waals surface area contributed by atoms with Gasteiger partial charge in [0.25, 0.3) is 0 Å². The SMILES string of the molecule is COc1cn(Cc2ccc(F)c(Cl)c2)c(Nc2c(C)ccc(C)c2F)nc1=O. The van der Waals surface area contributed by atoms with Crippen molar-refractivity contribution in [3.05, 3.63) is 80.2 Å². The standard InChI is InChI=1S/C20H18ClF2N3O2/c1-11-4-5-12(2)18(17(11)23)24-20-25-19(27)16(28-3)10-26(20)9-13-6-7-15(22)14(21)8-13/h4-8,10H,9H2,1-3H3,(H,24,25,27). The first kappa shape index (κ1) is 19.8. The third-order valence-corrected chi connectivity index (χ3v) is 4.59. The highest BCUT2D eigenvalue weighted by atomic mass is 35.5. The quantitative estimate of drug-likeness (QED) is 0.674. The van der Waals surface area contributed by atoms with E-state index in [1.807, 2.05) is 0 Å². The molecule has 3 rings (SSSR count). The molecular formula is C20H18ClF2N3O2. The summed E-state index contributed by atoms with van der Waals surface area (Å²) in [4.78, 5) is 16.1. The highest BCUT2D eigenvalue weighted by Gasteiger charge is 2.15. The first-order valence-corrected chi connectivity index (χ1v) is 8.80. The van der Waals surface area contributed by atoms with E-state index in [2.05, 4.69) is 10.3 Å². The Labute approximate surface area is 165 Å². The van der Waals surface area contributed by atoms with Crippen molar-refractivity contribution in [2.45, 2.75) is 20.4 Å². The predicted molar refractivity (Wildman–Crippen MR) is 105 cm³/mol. The fourth-order valence-electron chi connectivity index (χ4n) is 2.71. The highest BCUT2D eigenvalue weighted by molar-refractivity contribution is 6.30. The van der Waals surface area contributed by atoms with Gasteiger partial charge >= 0.3 is 5.56 Å². The zero-order valence-corrected chi connectivity index (χ0v) is 16.3. The van der Waals surface area contributed by atoms with Gasteiger partial charge in [-0.2, -0.15) is 4.98 Å². The number of nitrogens with zero attached hydrogens (tertiary/aromatic N) is 2. The predicted octanol–water partition coefficient (Wildman–Crippen LogP) is 4.59. The Hall–Kier alpha value is -2.93. The summed E-state index contributed by atoms with van der Waals surface area (Å²) in [6, 6.07) is 7.73. The second kappa shape index (κ2) is 7.98. The smallest absolute Gasteiger partial charge is 0.316 e. The zero-order valence-electron chi connectivity index (χ0n) is 15.5. The molecular weight excluding hydrogens is 388 g/mol. The molecule has 2 aromatic carbocycles. The Morgan fingerprint density at radius 2 is 1.89 bits per heavy atom. The molecule has 0 atom stereocenters. The maximum atomic E-state index is 14.6. The molecule has 0 aliphatic heterocycles. The summed E-state index contributed by atoms with van der Waals surface area (Å²) in [6.07, 6.45) is 1.46. The lowest BCUT2D eigenvalue weighted by atomic mass is 10.1. The van der Waals surface area contributed by atoms with Crippen LogP contribution < -0.4 is 15.6 Å². The Morgan fingerprint density at radius 3 is 2.57 bits per heavy atom. The van der Waals surface area contributed by atoms with Crippen LogP contribution in [0.3, 0.4) is 0 Å². The normalized spacial score (nSPS) is 10.8. The van der Waals surface area contributed by atoms with Gasteiger partial charge in [-0.05, 0) is 42.7 Å². The van der Waals surface area contributed by atoms with Crippen molar-refractivity contribution in [1.29, 1.82) is 0 Å². The van der Waals surface area contributed by atoms with Crippen molar-refractivity contribution in [2.24, 2.45) is 0 Å². The summed E-state index contributed by atoms with van der Waals surface area (Å²) in [5.41, 5.74) is 1.42. The van der Waals surface area contributed by atoms with Gasteiger partial charge < -0.3 is 14.6 Å². The molecule has 0 aliphatic carbocycles. The zero-order chi connectivity index (χ0) is 20.4. The fraction of sp³-hybridized carbons (Fsp3) is 0.200. The third-order valence-electron chi connectivity index (χ3n) is 4.30. The number of nitrogens with one attached hydrogen (secondary N) is 1. The van der Waals surface area contributed by atoms with Crippen LogP contribution in [0.25, 0.3) is 0 Å². The Balaban J connectivity index is 2.08. The number of anilines is 2. The summed E-state index contributed by atoms with van der Waals surface area (Å²) in [5.74, 6) is -0.808. The van der Waals surface area contributed by atoms with Crippen LogP contribution in [0, 0.1) is 25.5 Å². The van der Waals surface area contributed by atoms with E-state index in [4.69, 9.17) is 16.3 Å².